The van der Waals surface area contributed by atoms with E-state index in [4.69, 9.17) is 0 Å². The summed E-state index contributed by atoms with van der Waals surface area (Å²) in [5.41, 5.74) is -3.10. The molecule has 0 aromatic heterocycles. The largest absolute Gasteiger partial charge is 0.422 e. The van der Waals surface area contributed by atoms with Gasteiger partial charge in [-0.1, -0.05) is 0 Å². The van der Waals surface area contributed by atoms with E-state index in [0.29, 0.717) is 6.92 Å². The van der Waals surface area contributed by atoms with Gasteiger partial charge in [-0.25, -0.2) is 4.39 Å². The molecule has 0 bridgehead atoms. The van der Waals surface area contributed by atoms with Crippen molar-refractivity contribution in [1.82, 2.24) is 0 Å². The Hall–Kier alpha value is -0.320. The van der Waals surface area contributed by atoms with Gasteiger partial charge in [0.1, 0.15) is 0 Å². The van der Waals surface area contributed by atoms with E-state index in [9.17, 15) is 17.6 Å². The van der Waals surface area contributed by atoms with Crippen molar-refractivity contribution in [2.45, 2.75) is 31.3 Å². The zero-order chi connectivity index (χ0) is 8.70. The van der Waals surface area contributed by atoms with Crippen LogP contribution in [-0.4, -0.2) is 24.6 Å². The maximum Gasteiger partial charge on any atom is 0.422 e. The third-order valence-corrected chi connectivity index (χ3v) is 1.60. The van der Waals surface area contributed by atoms with Gasteiger partial charge in [0, 0.05) is 6.42 Å². The van der Waals surface area contributed by atoms with E-state index in [1.807, 2.05) is 0 Å². The molecule has 0 radical (unpaired) electrons. The van der Waals surface area contributed by atoms with Crippen LogP contribution >= 0.6 is 0 Å². The minimum Gasteiger partial charge on any atom is -0.373 e. The van der Waals surface area contributed by atoms with Crippen molar-refractivity contribution < 1.29 is 22.3 Å². The van der Waals surface area contributed by atoms with Gasteiger partial charge in [-0.05, 0) is 6.92 Å². The second kappa shape index (κ2) is 2.33. The molecule has 5 heteroatoms. The number of epoxide rings is 1. The third-order valence-electron chi connectivity index (χ3n) is 1.60. The summed E-state index contributed by atoms with van der Waals surface area (Å²) in [7, 11) is 0. The predicted octanol–water partition coefficient (Wildman–Crippen LogP) is 2.07. The molecular formula is C6H8F4O. The van der Waals surface area contributed by atoms with E-state index in [2.05, 4.69) is 4.74 Å². The summed E-state index contributed by atoms with van der Waals surface area (Å²) in [5.74, 6) is 0. The number of alkyl halides is 4. The first-order valence-corrected chi connectivity index (χ1v) is 3.20. The number of halogens is 4. The SMILES string of the molecule is CC(F)(CC1CO1)C(F)(F)F. The summed E-state index contributed by atoms with van der Waals surface area (Å²) in [4.78, 5) is 0. The van der Waals surface area contributed by atoms with E-state index >= 15 is 0 Å². The van der Waals surface area contributed by atoms with Gasteiger partial charge in [-0.3, -0.25) is 0 Å². The van der Waals surface area contributed by atoms with Gasteiger partial charge in [0.05, 0.1) is 12.7 Å². The zero-order valence-electron chi connectivity index (χ0n) is 5.91. The molecule has 0 N–H and O–H groups in total. The highest BCUT2D eigenvalue weighted by atomic mass is 19.4. The lowest BCUT2D eigenvalue weighted by Crippen LogP contribution is -2.38. The Morgan fingerprint density at radius 2 is 1.82 bits per heavy atom. The van der Waals surface area contributed by atoms with Crippen LogP contribution in [0.25, 0.3) is 0 Å². The highest BCUT2D eigenvalue weighted by molar-refractivity contribution is 4.88. The summed E-state index contributed by atoms with van der Waals surface area (Å²) in [6.07, 6.45) is -5.90. The second-order valence-electron chi connectivity index (χ2n) is 2.85. The quantitative estimate of drug-likeness (QED) is 0.458. The molecule has 0 spiro atoms. The molecule has 0 saturated carbocycles. The molecule has 1 nitrogen and oxygen atoms in total. The minimum atomic E-state index is -4.78. The van der Waals surface area contributed by atoms with Gasteiger partial charge < -0.3 is 4.74 Å². The van der Waals surface area contributed by atoms with Crippen LogP contribution in [0.1, 0.15) is 13.3 Å². The van der Waals surface area contributed by atoms with Crippen LogP contribution in [0.4, 0.5) is 17.6 Å². The first kappa shape index (κ1) is 8.77. The molecule has 1 heterocycles. The van der Waals surface area contributed by atoms with E-state index in [1.165, 1.54) is 0 Å². The summed E-state index contributed by atoms with van der Waals surface area (Å²) in [6.45, 7) is 0.782. The fourth-order valence-electron chi connectivity index (χ4n) is 0.729. The number of hydrogen-bond acceptors (Lipinski definition) is 1. The lowest BCUT2D eigenvalue weighted by Gasteiger charge is -2.22. The Labute approximate surface area is 61.3 Å². The van der Waals surface area contributed by atoms with Crippen LogP contribution < -0.4 is 0 Å². The normalized spacial score (nSPS) is 29.7. The minimum absolute atomic E-state index is 0.246. The molecule has 1 rings (SSSR count). The standard InChI is InChI=1S/C6H8F4O/c1-5(7,6(8,9)10)2-4-3-11-4/h4H,2-3H2,1H3. The predicted molar refractivity (Wildman–Crippen MR) is 29.9 cm³/mol. The first-order valence-electron chi connectivity index (χ1n) is 3.20. The van der Waals surface area contributed by atoms with E-state index in [1.54, 1.807) is 0 Å². The summed E-state index contributed by atoms with van der Waals surface area (Å²) < 4.78 is 52.6. The lowest BCUT2D eigenvalue weighted by atomic mass is 10.0. The fourth-order valence-corrected chi connectivity index (χ4v) is 0.729. The lowest BCUT2D eigenvalue weighted by molar-refractivity contribution is -0.226. The van der Waals surface area contributed by atoms with Crippen molar-refractivity contribution in [3.05, 3.63) is 0 Å². The van der Waals surface area contributed by atoms with Crippen molar-refractivity contribution in [2.24, 2.45) is 0 Å². The van der Waals surface area contributed by atoms with Crippen LogP contribution in [0.3, 0.4) is 0 Å². The molecular weight excluding hydrogens is 164 g/mol. The fraction of sp³-hybridized carbons (Fsp3) is 1.00. The molecule has 1 aliphatic rings. The van der Waals surface area contributed by atoms with Gasteiger partial charge in [0.15, 0.2) is 0 Å². The van der Waals surface area contributed by atoms with Crippen molar-refractivity contribution in [2.75, 3.05) is 6.61 Å². The van der Waals surface area contributed by atoms with Crippen LogP contribution in [0.2, 0.25) is 0 Å². The molecule has 0 amide bonds. The highest BCUT2D eigenvalue weighted by Gasteiger charge is 2.54. The molecule has 1 fully saturated rings. The average Bonchev–Trinajstić information content (AvgIpc) is 2.45. The smallest absolute Gasteiger partial charge is 0.373 e. The molecule has 66 valence electrons. The third kappa shape index (κ3) is 2.05. The van der Waals surface area contributed by atoms with Gasteiger partial charge in [-0.15, -0.1) is 0 Å². The van der Waals surface area contributed by atoms with Crippen molar-refractivity contribution in [3.8, 4) is 0 Å². The van der Waals surface area contributed by atoms with Crippen molar-refractivity contribution in [1.29, 1.82) is 0 Å². The highest BCUT2D eigenvalue weighted by Crippen LogP contribution is 2.39. The number of ether oxygens (including phenoxy) is 1. The van der Waals surface area contributed by atoms with E-state index in [-0.39, 0.29) is 6.61 Å². The maximum absolute atomic E-state index is 12.7. The Bertz CT molecular complexity index is 147. The molecule has 0 aliphatic carbocycles. The van der Waals surface area contributed by atoms with Crippen LogP contribution in [0, 0.1) is 0 Å². The van der Waals surface area contributed by atoms with Gasteiger partial charge in [0.2, 0.25) is 5.67 Å². The molecule has 2 unspecified atom stereocenters. The monoisotopic (exact) mass is 172 g/mol. The van der Waals surface area contributed by atoms with E-state index < -0.39 is 24.4 Å². The number of rotatable bonds is 2. The van der Waals surface area contributed by atoms with Crippen LogP contribution in [0.15, 0.2) is 0 Å². The zero-order valence-corrected chi connectivity index (χ0v) is 5.91. The molecule has 1 saturated heterocycles. The van der Waals surface area contributed by atoms with Crippen LogP contribution in [0.5, 0.6) is 0 Å². The summed E-state index contributed by atoms with van der Waals surface area (Å²) >= 11 is 0. The molecule has 0 aromatic carbocycles. The summed E-state index contributed by atoms with van der Waals surface area (Å²) in [6, 6.07) is 0. The Morgan fingerprint density at radius 3 is 2.09 bits per heavy atom. The number of hydrogen-bond donors (Lipinski definition) is 0. The van der Waals surface area contributed by atoms with Gasteiger partial charge >= 0.3 is 6.18 Å². The van der Waals surface area contributed by atoms with Crippen molar-refractivity contribution >= 4 is 0 Å². The molecule has 2 atom stereocenters. The van der Waals surface area contributed by atoms with Gasteiger partial charge in [0.25, 0.3) is 0 Å². The Kier molecular flexibility index (Phi) is 1.86. The molecule has 0 aromatic rings. The second-order valence-corrected chi connectivity index (χ2v) is 2.85. The summed E-state index contributed by atoms with van der Waals surface area (Å²) in [5, 5.41) is 0. The first-order chi connectivity index (χ1) is 4.83. The maximum atomic E-state index is 12.7. The Morgan fingerprint density at radius 1 is 1.36 bits per heavy atom. The molecule has 1 aliphatic heterocycles. The average molecular weight is 172 g/mol. The van der Waals surface area contributed by atoms with Crippen molar-refractivity contribution in [3.63, 3.8) is 0 Å². The Balaban J connectivity index is 2.49. The van der Waals surface area contributed by atoms with E-state index in [0.717, 1.165) is 0 Å². The topological polar surface area (TPSA) is 12.5 Å². The van der Waals surface area contributed by atoms with Crippen LogP contribution in [-0.2, 0) is 4.74 Å². The van der Waals surface area contributed by atoms with Gasteiger partial charge in [-0.2, -0.15) is 13.2 Å². The molecule has 11 heavy (non-hydrogen) atoms.